The lowest BCUT2D eigenvalue weighted by Gasteiger charge is -2.32. The third kappa shape index (κ3) is 15.3. The number of benzene rings is 1. The predicted octanol–water partition coefficient (Wildman–Crippen LogP) is 2.27. The Morgan fingerprint density at radius 2 is 1.64 bits per heavy atom. The number of amides is 2. The third-order valence-electron chi connectivity index (χ3n) is 4.18. The Kier molecular flexibility index (Phi) is 20.4. The lowest BCUT2D eigenvalue weighted by Crippen LogP contribution is -2.50. The highest BCUT2D eigenvalue weighted by Gasteiger charge is 2.19. The summed E-state index contributed by atoms with van der Waals surface area (Å²) in [6, 6.07) is 4.62. The molecule has 1 saturated heterocycles. The highest BCUT2D eigenvalue weighted by atomic mass is 35.5. The number of aliphatic hydroxyl groups is 1. The predicted molar refractivity (Wildman–Crippen MR) is 130 cm³/mol. The van der Waals surface area contributed by atoms with Crippen molar-refractivity contribution in [3.63, 3.8) is 0 Å². The molecule has 0 bridgehead atoms. The van der Waals surface area contributed by atoms with Crippen molar-refractivity contribution in [2.24, 2.45) is 0 Å². The summed E-state index contributed by atoms with van der Waals surface area (Å²) in [4.78, 5) is 45.8. The van der Waals surface area contributed by atoms with Crippen molar-refractivity contribution in [3.05, 3.63) is 33.8 Å². The number of nitrogens with zero attached hydrogens (tertiary/aromatic N) is 2. The zero-order chi connectivity index (χ0) is 25.8. The van der Waals surface area contributed by atoms with Gasteiger partial charge in [-0.3, -0.25) is 14.4 Å². The molecule has 1 fully saturated rings. The Morgan fingerprint density at radius 1 is 1.09 bits per heavy atom. The summed E-state index contributed by atoms with van der Waals surface area (Å²) in [5.41, 5.74) is 0.385. The maximum absolute atomic E-state index is 12.0. The van der Waals surface area contributed by atoms with Crippen molar-refractivity contribution in [1.29, 1.82) is 0 Å². The standard InChI is InChI=1S/C14H17Cl2N3O2.C4H8O2.C3H8O.CH2O/c1-18-4-6-19(7-5-18)13(20)9-17-14(21)10-2-3-11(15)12(16)8-10;1-3-4(5)6-2;1-2-3-4;1-2/h2-3,8H,4-7,9H2,1H3,(H,17,21);3H2,1-2H3;4H,2-3H2,1H3;1H2. The molecule has 0 radical (unpaired) electrons. The van der Waals surface area contributed by atoms with E-state index in [1.54, 1.807) is 24.0 Å². The quantitative estimate of drug-likeness (QED) is 0.587. The van der Waals surface area contributed by atoms with Crippen LogP contribution in [0.25, 0.3) is 0 Å². The maximum Gasteiger partial charge on any atom is 0.305 e. The number of hydrogen-bond acceptors (Lipinski definition) is 7. The first-order valence-electron chi connectivity index (χ1n) is 10.4. The van der Waals surface area contributed by atoms with E-state index >= 15 is 0 Å². The Balaban J connectivity index is 0. The van der Waals surface area contributed by atoms with Gasteiger partial charge in [0.05, 0.1) is 23.7 Å². The van der Waals surface area contributed by atoms with Crippen LogP contribution >= 0.6 is 23.2 Å². The van der Waals surface area contributed by atoms with Crippen molar-refractivity contribution in [2.45, 2.75) is 26.7 Å². The first-order valence-corrected chi connectivity index (χ1v) is 11.1. The Labute approximate surface area is 206 Å². The van der Waals surface area contributed by atoms with E-state index in [0.29, 0.717) is 41.7 Å². The van der Waals surface area contributed by atoms with Crippen LogP contribution in [0.1, 0.15) is 37.0 Å². The molecule has 1 aliphatic rings. The Hall–Kier alpha value is -2.20. The van der Waals surface area contributed by atoms with Gasteiger partial charge in [-0.15, -0.1) is 0 Å². The molecular formula is C22H35Cl2N3O6. The van der Waals surface area contributed by atoms with E-state index in [-0.39, 0.29) is 24.3 Å². The SMILES string of the molecule is C=O.CCC(=O)OC.CCCO.CN1CCN(C(=O)CNC(=O)c2ccc(Cl)c(Cl)c2)CC1. The van der Waals surface area contributed by atoms with E-state index in [4.69, 9.17) is 33.1 Å². The fourth-order valence-electron chi connectivity index (χ4n) is 2.21. The molecule has 188 valence electrons. The summed E-state index contributed by atoms with van der Waals surface area (Å²) in [6.07, 6.45) is 1.34. The van der Waals surface area contributed by atoms with Gasteiger partial charge >= 0.3 is 5.97 Å². The topological polar surface area (TPSA) is 116 Å². The van der Waals surface area contributed by atoms with Crippen molar-refractivity contribution in [3.8, 4) is 0 Å². The number of halogens is 2. The highest BCUT2D eigenvalue weighted by molar-refractivity contribution is 6.42. The normalized spacial score (nSPS) is 12.5. The van der Waals surface area contributed by atoms with Crippen LogP contribution in [0, 0.1) is 0 Å². The number of likely N-dealkylation sites (N-methyl/N-ethyl adjacent to an activating group) is 1. The number of aliphatic hydroxyl groups excluding tert-OH is 1. The molecule has 1 heterocycles. The van der Waals surface area contributed by atoms with Gasteiger partial charge in [-0.05, 0) is 31.7 Å². The monoisotopic (exact) mass is 507 g/mol. The van der Waals surface area contributed by atoms with E-state index in [2.05, 4.69) is 15.0 Å². The number of carbonyl (C=O) groups is 4. The molecule has 9 nitrogen and oxygen atoms in total. The smallest absolute Gasteiger partial charge is 0.305 e. The third-order valence-corrected chi connectivity index (χ3v) is 4.92. The number of piperazine rings is 1. The van der Waals surface area contributed by atoms with E-state index in [1.807, 2.05) is 20.8 Å². The second-order valence-electron chi connectivity index (χ2n) is 6.65. The summed E-state index contributed by atoms with van der Waals surface area (Å²) in [5, 5.41) is 11.2. The van der Waals surface area contributed by atoms with Crippen LogP contribution in [-0.4, -0.2) is 93.0 Å². The maximum atomic E-state index is 12.0. The molecule has 1 aliphatic heterocycles. The minimum absolute atomic E-state index is 0.0111. The number of methoxy groups -OCH3 is 1. The van der Waals surface area contributed by atoms with Crippen LogP contribution in [-0.2, 0) is 19.1 Å². The molecule has 1 aromatic carbocycles. The van der Waals surface area contributed by atoms with E-state index < -0.39 is 0 Å². The number of carbonyl (C=O) groups excluding carboxylic acids is 4. The summed E-state index contributed by atoms with van der Waals surface area (Å²) < 4.78 is 4.26. The van der Waals surface area contributed by atoms with Crippen LogP contribution in [0.15, 0.2) is 18.2 Å². The van der Waals surface area contributed by atoms with Gasteiger partial charge in [0.1, 0.15) is 6.79 Å². The molecule has 1 aromatic rings. The van der Waals surface area contributed by atoms with Gasteiger partial charge in [-0.25, -0.2) is 0 Å². The number of hydrogen-bond donors (Lipinski definition) is 2. The van der Waals surface area contributed by atoms with Gasteiger partial charge < -0.3 is 29.8 Å². The summed E-state index contributed by atoms with van der Waals surface area (Å²) in [7, 11) is 3.40. The van der Waals surface area contributed by atoms with Crippen LogP contribution < -0.4 is 5.32 Å². The van der Waals surface area contributed by atoms with Crippen LogP contribution in [0.2, 0.25) is 10.0 Å². The second-order valence-corrected chi connectivity index (χ2v) is 7.46. The largest absolute Gasteiger partial charge is 0.469 e. The molecule has 33 heavy (non-hydrogen) atoms. The average molecular weight is 508 g/mol. The van der Waals surface area contributed by atoms with Gasteiger partial charge in [-0.1, -0.05) is 37.0 Å². The molecule has 0 atom stereocenters. The van der Waals surface area contributed by atoms with Crippen LogP contribution in [0.5, 0.6) is 0 Å². The first kappa shape index (κ1) is 33.0. The molecule has 2 rings (SSSR count). The average Bonchev–Trinajstić information content (AvgIpc) is 2.85. The van der Waals surface area contributed by atoms with Crippen molar-refractivity contribution in [2.75, 3.05) is 53.5 Å². The van der Waals surface area contributed by atoms with Gasteiger partial charge in [0.15, 0.2) is 0 Å². The molecule has 2 N–H and O–H groups in total. The Morgan fingerprint density at radius 3 is 2.03 bits per heavy atom. The minimum atomic E-state index is -0.337. The molecule has 0 aliphatic carbocycles. The number of esters is 1. The number of ether oxygens (including phenoxy) is 1. The molecule has 0 unspecified atom stereocenters. The molecule has 11 heteroatoms. The van der Waals surface area contributed by atoms with Crippen LogP contribution in [0.4, 0.5) is 0 Å². The molecule has 0 spiro atoms. The lowest BCUT2D eigenvalue weighted by molar-refractivity contribution is -0.140. The minimum Gasteiger partial charge on any atom is -0.469 e. The van der Waals surface area contributed by atoms with E-state index in [9.17, 15) is 14.4 Å². The zero-order valence-electron chi connectivity index (χ0n) is 19.7. The van der Waals surface area contributed by atoms with E-state index in [0.717, 1.165) is 19.5 Å². The second kappa shape index (κ2) is 20.4. The lowest BCUT2D eigenvalue weighted by atomic mass is 10.2. The molecule has 2 amide bonds. The van der Waals surface area contributed by atoms with Crippen molar-refractivity contribution < 1.29 is 29.0 Å². The van der Waals surface area contributed by atoms with E-state index in [1.165, 1.54) is 13.2 Å². The Bertz CT molecular complexity index is 705. The van der Waals surface area contributed by atoms with Crippen molar-refractivity contribution >= 4 is 47.8 Å². The molecule has 0 saturated carbocycles. The summed E-state index contributed by atoms with van der Waals surface area (Å²) >= 11 is 11.7. The highest BCUT2D eigenvalue weighted by Crippen LogP contribution is 2.22. The van der Waals surface area contributed by atoms with Gasteiger partial charge in [0.2, 0.25) is 5.91 Å². The molecule has 0 aromatic heterocycles. The van der Waals surface area contributed by atoms with Gasteiger partial charge in [-0.2, -0.15) is 0 Å². The van der Waals surface area contributed by atoms with Gasteiger partial charge in [0.25, 0.3) is 5.91 Å². The zero-order valence-corrected chi connectivity index (χ0v) is 21.2. The first-order chi connectivity index (χ1) is 15.7. The van der Waals surface area contributed by atoms with Crippen molar-refractivity contribution in [1.82, 2.24) is 15.1 Å². The number of rotatable bonds is 5. The molecular weight excluding hydrogens is 473 g/mol. The van der Waals surface area contributed by atoms with Gasteiger partial charge in [0, 0.05) is 44.8 Å². The number of nitrogens with one attached hydrogen (secondary N) is 1. The summed E-state index contributed by atoms with van der Waals surface area (Å²) in [6.45, 7) is 9.09. The van der Waals surface area contributed by atoms with Crippen LogP contribution in [0.3, 0.4) is 0 Å². The summed E-state index contributed by atoms with van der Waals surface area (Å²) in [5.74, 6) is -0.567. The fourth-order valence-corrected chi connectivity index (χ4v) is 2.51. The fraction of sp³-hybridized carbons (Fsp3) is 0.545.